The molecule has 5 heteroatoms. The minimum atomic E-state index is 0.388. The maximum atomic E-state index is 4.41. The molecule has 0 aliphatic carbocycles. The first-order valence-electron chi connectivity index (χ1n) is 4.85. The summed E-state index contributed by atoms with van der Waals surface area (Å²) >= 11 is 5.24. The predicted octanol–water partition coefficient (Wildman–Crippen LogP) is 3.11. The van der Waals surface area contributed by atoms with Gasteiger partial charge in [0.05, 0.1) is 16.7 Å². The van der Waals surface area contributed by atoms with Crippen molar-refractivity contribution in [2.75, 3.05) is 11.9 Å². The molecule has 0 radical (unpaired) electrons. The molecule has 0 fully saturated rings. The fourth-order valence-electron chi connectivity index (χ4n) is 1.96. The summed E-state index contributed by atoms with van der Waals surface area (Å²) in [5, 5.41) is 12.1. The van der Waals surface area contributed by atoms with Crippen LogP contribution in [0.3, 0.4) is 0 Å². The molecule has 1 aliphatic heterocycles. The van der Waals surface area contributed by atoms with Gasteiger partial charge in [0.2, 0.25) is 0 Å². The largest absolute Gasteiger partial charge is 0.369 e. The van der Waals surface area contributed by atoms with Gasteiger partial charge in [0.25, 0.3) is 0 Å². The van der Waals surface area contributed by atoms with Gasteiger partial charge < -0.3 is 5.32 Å². The van der Waals surface area contributed by atoms with Gasteiger partial charge in [-0.25, -0.2) is 4.68 Å². The van der Waals surface area contributed by atoms with Gasteiger partial charge >= 0.3 is 0 Å². The highest BCUT2D eigenvalue weighted by Gasteiger charge is 2.23. The lowest BCUT2D eigenvalue weighted by atomic mass is 10.1. The molecule has 2 aromatic heterocycles. The Labute approximate surface area is 100 Å². The normalized spacial score (nSPS) is 19.7. The highest BCUT2D eigenvalue weighted by molar-refractivity contribution is 9.10. The van der Waals surface area contributed by atoms with E-state index in [-0.39, 0.29) is 0 Å². The van der Waals surface area contributed by atoms with Gasteiger partial charge in [-0.15, -0.1) is 0 Å². The molecule has 3 nitrogen and oxygen atoms in total. The maximum Gasteiger partial charge on any atom is 0.139 e. The summed E-state index contributed by atoms with van der Waals surface area (Å²) in [4.78, 5) is 0. The standard InChI is InChI=1S/C10H10BrN3S/c11-8-5-13-14-9(1-3-12-10(8)14)7-2-4-15-6-7/h2,4-6,9,12H,1,3H2. The average Bonchev–Trinajstić information content (AvgIpc) is 2.88. The van der Waals surface area contributed by atoms with Crippen LogP contribution in [0.2, 0.25) is 0 Å². The van der Waals surface area contributed by atoms with E-state index in [1.807, 2.05) is 6.20 Å². The first kappa shape index (κ1) is 9.42. The molecule has 0 amide bonds. The van der Waals surface area contributed by atoms with E-state index >= 15 is 0 Å². The molecule has 1 aliphatic rings. The lowest BCUT2D eigenvalue weighted by Gasteiger charge is -2.25. The van der Waals surface area contributed by atoms with E-state index in [0.717, 1.165) is 23.3 Å². The molecule has 3 heterocycles. The molecule has 1 unspecified atom stereocenters. The second-order valence-electron chi connectivity index (χ2n) is 3.57. The van der Waals surface area contributed by atoms with Crippen molar-refractivity contribution < 1.29 is 0 Å². The van der Waals surface area contributed by atoms with E-state index in [0.29, 0.717) is 6.04 Å². The number of thiophene rings is 1. The van der Waals surface area contributed by atoms with Gasteiger partial charge in [0.1, 0.15) is 5.82 Å². The molecular formula is C10H10BrN3S. The first-order chi connectivity index (χ1) is 7.36. The van der Waals surface area contributed by atoms with Gasteiger partial charge in [-0.3, -0.25) is 0 Å². The van der Waals surface area contributed by atoms with Gasteiger partial charge in [-0.2, -0.15) is 16.4 Å². The monoisotopic (exact) mass is 283 g/mol. The number of aromatic nitrogens is 2. The number of hydrogen-bond acceptors (Lipinski definition) is 3. The molecule has 0 bridgehead atoms. The van der Waals surface area contributed by atoms with Crippen LogP contribution in [-0.2, 0) is 0 Å². The quantitative estimate of drug-likeness (QED) is 0.872. The molecular weight excluding hydrogens is 274 g/mol. The second kappa shape index (κ2) is 3.64. The zero-order valence-electron chi connectivity index (χ0n) is 7.98. The molecule has 2 aromatic rings. The third-order valence-corrected chi connectivity index (χ3v) is 3.97. The molecule has 0 spiro atoms. The molecule has 78 valence electrons. The Morgan fingerprint density at radius 3 is 3.33 bits per heavy atom. The topological polar surface area (TPSA) is 29.9 Å². The van der Waals surface area contributed by atoms with Crippen LogP contribution in [-0.4, -0.2) is 16.3 Å². The van der Waals surface area contributed by atoms with Crippen LogP contribution in [0, 0.1) is 0 Å². The number of halogens is 1. The van der Waals surface area contributed by atoms with Crippen LogP contribution in [0.4, 0.5) is 5.82 Å². The summed E-state index contributed by atoms with van der Waals surface area (Å²) in [5.74, 6) is 1.09. The van der Waals surface area contributed by atoms with Crippen LogP contribution < -0.4 is 5.32 Å². The SMILES string of the molecule is Brc1cnn2c1NCCC2c1ccsc1. The van der Waals surface area contributed by atoms with Gasteiger partial charge in [-0.05, 0) is 44.7 Å². The zero-order valence-corrected chi connectivity index (χ0v) is 10.4. The fraction of sp³-hybridized carbons (Fsp3) is 0.300. The van der Waals surface area contributed by atoms with Crippen LogP contribution >= 0.6 is 27.3 Å². The fourth-order valence-corrected chi connectivity index (χ4v) is 3.09. The molecule has 0 saturated heterocycles. The van der Waals surface area contributed by atoms with Crippen molar-refractivity contribution in [1.29, 1.82) is 0 Å². The smallest absolute Gasteiger partial charge is 0.139 e. The van der Waals surface area contributed by atoms with Crippen molar-refractivity contribution in [3.8, 4) is 0 Å². The number of nitrogens with zero attached hydrogens (tertiary/aromatic N) is 2. The predicted molar refractivity (Wildman–Crippen MR) is 65.5 cm³/mol. The molecule has 15 heavy (non-hydrogen) atoms. The van der Waals surface area contributed by atoms with E-state index in [1.165, 1.54) is 5.56 Å². The Bertz CT molecular complexity index is 463. The van der Waals surface area contributed by atoms with Gasteiger partial charge in [0.15, 0.2) is 0 Å². The number of rotatable bonds is 1. The summed E-state index contributed by atoms with van der Waals surface area (Å²) in [5.41, 5.74) is 1.36. The summed E-state index contributed by atoms with van der Waals surface area (Å²) in [6.45, 7) is 1.00. The van der Waals surface area contributed by atoms with E-state index in [1.54, 1.807) is 11.3 Å². The van der Waals surface area contributed by atoms with E-state index in [9.17, 15) is 0 Å². The summed E-state index contributed by atoms with van der Waals surface area (Å²) in [6.07, 6.45) is 2.95. The average molecular weight is 284 g/mol. The second-order valence-corrected chi connectivity index (χ2v) is 5.21. The lowest BCUT2D eigenvalue weighted by molar-refractivity contribution is 0.483. The van der Waals surface area contributed by atoms with Crippen molar-refractivity contribution in [3.63, 3.8) is 0 Å². The summed E-state index contributed by atoms with van der Waals surface area (Å²) in [6, 6.07) is 2.57. The van der Waals surface area contributed by atoms with E-state index < -0.39 is 0 Å². The zero-order chi connectivity index (χ0) is 10.3. The highest BCUT2D eigenvalue weighted by Crippen LogP contribution is 2.34. The first-order valence-corrected chi connectivity index (χ1v) is 6.59. The Morgan fingerprint density at radius 2 is 2.53 bits per heavy atom. The number of anilines is 1. The number of fused-ring (bicyclic) bond motifs is 1. The minimum Gasteiger partial charge on any atom is -0.369 e. The minimum absolute atomic E-state index is 0.388. The molecule has 1 N–H and O–H groups in total. The van der Waals surface area contributed by atoms with Crippen molar-refractivity contribution in [2.24, 2.45) is 0 Å². The van der Waals surface area contributed by atoms with E-state index in [4.69, 9.17) is 0 Å². The third kappa shape index (κ3) is 1.50. The Kier molecular flexibility index (Phi) is 2.29. The summed E-state index contributed by atoms with van der Waals surface area (Å²) in [7, 11) is 0. The third-order valence-electron chi connectivity index (χ3n) is 2.68. The molecule has 0 saturated carbocycles. The molecule has 3 rings (SSSR count). The van der Waals surface area contributed by atoms with Crippen LogP contribution in [0.5, 0.6) is 0 Å². The van der Waals surface area contributed by atoms with Gasteiger partial charge in [0, 0.05) is 6.54 Å². The van der Waals surface area contributed by atoms with Crippen LogP contribution in [0.1, 0.15) is 18.0 Å². The van der Waals surface area contributed by atoms with Crippen LogP contribution in [0.15, 0.2) is 27.5 Å². The molecule has 1 atom stereocenters. The van der Waals surface area contributed by atoms with Crippen molar-refractivity contribution in [3.05, 3.63) is 33.1 Å². The Balaban J connectivity index is 2.07. The Morgan fingerprint density at radius 1 is 1.60 bits per heavy atom. The number of hydrogen-bond donors (Lipinski definition) is 1. The van der Waals surface area contributed by atoms with Crippen molar-refractivity contribution in [1.82, 2.24) is 9.78 Å². The molecule has 0 aromatic carbocycles. The van der Waals surface area contributed by atoms with E-state index in [2.05, 4.69) is 47.9 Å². The van der Waals surface area contributed by atoms with Crippen molar-refractivity contribution >= 4 is 33.1 Å². The lowest BCUT2D eigenvalue weighted by Crippen LogP contribution is -2.24. The Hall–Kier alpha value is -0.810. The van der Waals surface area contributed by atoms with Crippen LogP contribution in [0.25, 0.3) is 0 Å². The maximum absolute atomic E-state index is 4.41. The summed E-state index contributed by atoms with van der Waals surface area (Å²) < 4.78 is 3.11. The number of nitrogens with one attached hydrogen (secondary N) is 1. The van der Waals surface area contributed by atoms with Gasteiger partial charge in [-0.1, -0.05) is 0 Å². The van der Waals surface area contributed by atoms with Crippen molar-refractivity contribution in [2.45, 2.75) is 12.5 Å². The highest BCUT2D eigenvalue weighted by atomic mass is 79.9.